The van der Waals surface area contributed by atoms with Crippen LogP contribution in [-0.2, 0) is 11.3 Å². The van der Waals surface area contributed by atoms with E-state index in [2.05, 4.69) is 4.98 Å². The number of carbonyl (C=O) groups is 2. The number of hydrogen-bond donors (Lipinski definition) is 0. The van der Waals surface area contributed by atoms with E-state index < -0.39 is 11.7 Å². The molecule has 1 aliphatic rings. The number of ether oxygens (including phenoxy) is 1. The van der Waals surface area contributed by atoms with Crippen LogP contribution in [0.5, 0.6) is 5.75 Å². The molecule has 0 atom stereocenters. The Morgan fingerprint density at radius 2 is 2.05 bits per heavy atom. The van der Waals surface area contributed by atoms with E-state index >= 15 is 0 Å². The van der Waals surface area contributed by atoms with Crippen molar-refractivity contribution in [2.75, 3.05) is 12.0 Å². The predicted molar refractivity (Wildman–Crippen MR) is 72.8 cm³/mol. The molecular weight excluding hydrogens is 256 g/mol. The lowest BCUT2D eigenvalue weighted by Gasteiger charge is -2.16. The van der Waals surface area contributed by atoms with Crippen molar-refractivity contribution in [1.82, 2.24) is 4.98 Å². The largest absolute Gasteiger partial charge is 0.497 e. The third kappa shape index (κ3) is 1.93. The molecule has 0 spiro atoms. The van der Waals surface area contributed by atoms with Crippen molar-refractivity contribution in [3.63, 3.8) is 0 Å². The van der Waals surface area contributed by atoms with E-state index in [9.17, 15) is 9.59 Å². The summed E-state index contributed by atoms with van der Waals surface area (Å²) in [7, 11) is 1.52. The molecule has 0 N–H and O–H groups in total. The van der Waals surface area contributed by atoms with Crippen LogP contribution in [0.2, 0.25) is 0 Å². The molecule has 0 saturated carbocycles. The molecule has 1 aromatic heterocycles. The van der Waals surface area contributed by atoms with E-state index in [1.807, 2.05) is 12.1 Å². The van der Waals surface area contributed by atoms with Gasteiger partial charge in [-0.05, 0) is 30.3 Å². The quantitative estimate of drug-likeness (QED) is 0.797. The summed E-state index contributed by atoms with van der Waals surface area (Å²) in [4.78, 5) is 29.7. The molecule has 3 rings (SSSR count). The number of ketones is 1. The molecule has 0 saturated heterocycles. The summed E-state index contributed by atoms with van der Waals surface area (Å²) in [5.74, 6) is -0.474. The molecule has 2 heterocycles. The third-order valence-corrected chi connectivity index (χ3v) is 3.22. The number of pyridine rings is 1. The van der Waals surface area contributed by atoms with Gasteiger partial charge in [-0.3, -0.25) is 19.5 Å². The summed E-state index contributed by atoms with van der Waals surface area (Å²) in [5.41, 5.74) is 1.72. The predicted octanol–water partition coefficient (Wildman–Crippen LogP) is 1.82. The number of carbonyl (C=O) groups excluding carboxylic acids is 2. The van der Waals surface area contributed by atoms with Gasteiger partial charge in [-0.25, -0.2) is 0 Å². The zero-order valence-corrected chi connectivity index (χ0v) is 10.9. The van der Waals surface area contributed by atoms with Crippen LogP contribution in [0.25, 0.3) is 0 Å². The van der Waals surface area contributed by atoms with Gasteiger partial charge in [0.1, 0.15) is 5.75 Å². The van der Waals surface area contributed by atoms with Crippen LogP contribution in [0, 0.1) is 0 Å². The Bertz CT molecular complexity index is 683. The number of Topliss-reactive ketones (excluding diaryl/α,β-unsaturated/α-hetero) is 1. The summed E-state index contributed by atoms with van der Waals surface area (Å²) in [6, 6.07) is 10.5. The van der Waals surface area contributed by atoms with E-state index in [0.717, 1.165) is 5.69 Å². The van der Waals surface area contributed by atoms with Gasteiger partial charge in [0.05, 0.1) is 30.6 Å². The van der Waals surface area contributed by atoms with Gasteiger partial charge >= 0.3 is 0 Å². The lowest BCUT2D eigenvalue weighted by molar-refractivity contribution is -0.114. The van der Waals surface area contributed by atoms with Crippen molar-refractivity contribution >= 4 is 17.4 Å². The van der Waals surface area contributed by atoms with Crippen LogP contribution < -0.4 is 9.64 Å². The third-order valence-electron chi connectivity index (χ3n) is 3.22. The number of fused-ring (bicyclic) bond motifs is 1. The number of nitrogens with zero attached hydrogens (tertiary/aromatic N) is 2. The average molecular weight is 268 g/mol. The molecule has 0 radical (unpaired) electrons. The first-order valence-corrected chi connectivity index (χ1v) is 6.15. The van der Waals surface area contributed by atoms with Crippen molar-refractivity contribution in [2.24, 2.45) is 0 Å². The molecule has 5 nitrogen and oxygen atoms in total. The molecule has 1 amide bonds. The van der Waals surface area contributed by atoms with E-state index in [-0.39, 0.29) is 6.54 Å². The molecule has 0 fully saturated rings. The van der Waals surface area contributed by atoms with E-state index in [4.69, 9.17) is 4.74 Å². The molecular formula is C15H12N2O3. The Kier molecular flexibility index (Phi) is 2.95. The molecule has 0 aliphatic carbocycles. The molecule has 0 unspecified atom stereocenters. The maximum atomic E-state index is 12.1. The summed E-state index contributed by atoms with van der Waals surface area (Å²) < 4.78 is 5.08. The highest BCUT2D eigenvalue weighted by molar-refractivity contribution is 6.52. The Morgan fingerprint density at radius 3 is 2.75 bits per heavy atom. The van der Waals surface area contributed by atoms with Crippen molar-refractivity contribution in [2.45, 2.75) is 6.54 Å². The van der Waals surface area contributed by atoms with E-state index in [1.54, 1.807) is 30.5 Å². The molecule has 1 aromatic carbocycles. The van der Waals surface area contributed by atoms with Crippen molar-refractivity contribution in [3.8, 4) is 5.75 Å². The SMILES string of the molecule is COc1ccc2c(c1)C(=O)C(=O)N2Cc1ccccn1. The lowest BCUT2D eigenvalue weighted by atomic mass is 10.1. The Labute approximate surface area is 115 Å². The number of rotatable bonds is 3. The van der Waals surface area contributed by atoms with Crippen LogP contribution in [0.15, 0.2) is 42.6 Å². The van der Waals surface area contributed by atoms with Crippen LogP contribution in [-0.4, -0.2) is 23.8 Å². The topological polar surface area (TPSA) is 59.5 Å². The summed E-state index contributed by atoms with van der Waals surface area (Å²) >= 11 is 0. The highest BCUT2D eigenvalue weighted by Gasteiger charge is 2.36. The second-order valence-corrected chi connectivity index (χ2v) is 4.42. The summed E-state index contributed by atoms with van der Waals surface area (Å²) in [6.07, 6.45) is 1.66. The standard InChI is InChI=1S/C15H12N2O3/c1-20-11-5-6-13-12(8-11)14(18)15(19)17(13)9-10-4-2-3-7-16-10/h2-8H,9H2,1H3. The number of anilines is 1. The summed E-state index contributed by atoms with van der Waals surface area (Å²) in [5, 5.41) is 0. The van der Waals surface area contributed by atoms with Gasteiger partial charge in [0, 0.05) is 6.20 Å². The number of aromatic nitrogens is 1. The Hall–Kier alpha value is -2.69. The highest BCUT2D eigenvalue weighted by Crippen LogP contribution is 2.32. The maximum Gasteiger partial charge on any atom is 0.299 e. The average Bonchev–Trinajstić information content (AvgIpc) is 2.73. The zero-order chi connectivity index (χ0) is 14.1. The fourth-order valence-corrected chi connectivity index (χ4v) is 2.22. The fourth-order valence-electron chi connectivity index (χ4n) is 2.22. The van der Waals surface area contributed by atoms with Crippen molar-refractivity contribution in [1.29, 1.82) is 0 Å². The second-order valence-electron chi connectivity index (χ2n) is 4.42. The maximum absolute atomic E-state index is 12.1. The fraction of sp³-hybridized carbons (Fsp3) is 0.133. The molecule has 0 bridgehead atoms. The summed E-state index contributed by atoms with van der Waals surface area (Å²) in [6.45, 7) is 0.282. The first kappa shape index (κ1) is 12.3. The molecule has 1 aliphatic heterocycles. The van der Waals surface area contributed by atoms with Gasteiger partial charge in [0.2, 0.25) is 0 Å². The Balaban J connectivity index is 1.98. The van der Waals surface area contributed by atoms with Crippen LogP contribution >= 0.6 is 0 Å². The first-order chi connectivity index (χ1) is 9.70. The van der Waals surface area contributed by atoms with Crippen LogP contribution in [0.4, 0.5) is 5.69 Å². The smallest absolute Gasteiger partial charge is 0.299 e. The van der Waals surface area contributed by atoms with Crippen LogP contribution in [0.3, 0.4) is 0 Å². The molecule has 100 valence electrons. The highest BCUT2D eigenvalue weighted by atomic mass is 16.5. The van der Waals surface area contributed by atoms with Gasteiger partial charge in [0.15, 0.2) is 0 Å². The lowest BCUT2D eigenvalue weighted by Crippen LogP contribution is -2.29. The normalized spacial score (nSPS) is 13.6. The first-order valence-electron chi connectivity index (χ1n) is 6.15. The van der Waals surface area contributed by atoms with Gasteiger partial charge in [0.25, 0.3) is 11.7 Å². The molecule has 2 aromatic rings. The van der Waals surface area contributed by atoms with Crippen molar-refractivity contribution < 1.29 is 14.3 Å². The Morgan fingerprint density at radius 1 is 1.20 bits per heavy atom. The van der Waals surface area contributed by atoms with Crippen LogP contribution in [0.1, 0.15) is 16.1 Å². The number of hydrogen-bond acceptors (Lipinski definition) is 4. The zero-order valence-electron chi connectivity index (χ0n) is 10.9. The minimum atomic E-state index is -0.529. The minimum absolute atomic E-state index is 0.282. The van der Waals surface area contributed by atoms with Gasteiger partial charge in [-0.15, -0.1) is 0 Å². The monoisotopic (exact) mass is 268 g/mol. The second kappa shape index (κ2) is 4.77. The molecule has 5 heteroatoms. The number of amides is 1. The number of benzene rings is 1. The van der Waals surface area contributed by atoms with Crippen molar-refractivity contribution in [3.05, 3.63) is 53.9 Å². The number of methoxy groups -OCH3 is 1. The van der Waals surface area contributed by atoms with Gasteiger partial charge in [-0.2, -0.15) is 0 Å². The molecule has 20 heavy (non-hydrogen) atoms. The van der Waals surface area contributed by atoms with Gasteiger partial charge < -0.3 is 4.74 Å². The van der Waals surface area contributed by atoms with Gasteiger partial charge in [-0.1, -0.05) is 6.07 Å². The van der Waals surface area contributed by atoms with E-state index in [1.165, 1.54) is 12.0 Å². The minimum Gasteiger partial charge on any atom is -0.497 e. The van der Waals surface area contributed by atoms with E-state index in [0.29, 0.717) is 17.0 Å².